The van der Waals surface area contributed by atoms with Gasteiger partial charge in [0.25, 0.3) is 0 Å². The minimum atomic E-state index is -0.605. The van der Waals surface area contributed by atoms with E-state index >= 15 is 0 Å². The molecule has 1 fully saturated rings. The largest absolute Gasteiger partial charge is 0.355 e. The van der Waals surface area contributed by atoms with Crippen LogP contribution in [-0.2, 0) is 16.1 Å². The first-order valence-electron chi connectivity index (χ1n) is 4.97. The number of amides is 2. The Labute approximate surface area is 93.0 Å². The fourth-order valence-electron chi connectivity index (χ4n) is 1.52. The van der Waals surface area contributed by atoms with Gasteiger partial charge >= 0.3 is 12.0 Å². The van der Waals surface area contributed by atoms with Crippen molar-refractivity contribution in [3.63, 3.8) is 0 Å². The molecule has 5 heteroatoms. The van der Waals surface area contributed by atoms with Crippen molar-refractivity contribution in [1.29, 1.82) is 0 Å². The summed E-state index contributed by atoms with van der Waals surface area (Å²) in [6.07, 6.45) is 0.444. The molecule has 0 saturated carbocycles. The number of hydrogen-bond acceptors (Lipinski definition) is 3. The molecule has 0 radical (unpaired) electrons. The predicted octanol–water partition coefficient (Wildman–Crippen LogP) is 0.711. The van der Waals surface area contributed by atoms with Crippen molar-refractivity contribution >= 4 is 12.0 Å². The van der Waals surface area contributed by atoms with Crippen molar-refractivity contribution < 1.29 is 14.4 Å². The minimum absolute atomic E-state index is 0.402. The first-order valence-corrected chi connectivity index (χ1v) is 4.97. The molecule has 0 bridgehead atoms. The van der Waals surface area contributed by atoms with Crippen molar-refractivity contribution in [1.82, 2.24) is 10.4 Å². The summed E-state index contributed by atoms with van der Waals surface area (Å²) in [5.41, 5.74) is 0.981. The fraction of sp³-hybridized carbons (Fsp3) is 0.273. The molecule has 0 aromatic heterocycles. The fourth-order valence-corrected chi connectivity index (χ4v) is 1.52. The number of rotatable bonds is 2. The van der Waals surface area contributed by atoms with Crippen LogP contribution in [0.1, 0.15) is 5.56 Å². The summed E-state index contributed by atoms with van der Waals surface area (Å²) in [7, 11) is 1.39. The van der Waals surface area contributed by atoms with Gasteiger partial charge in [-0.2, -0.15) is 5.06 Å². The Morgan fingerprint density at radius 1 is 1.31 bits per heavy atom. The topological polar surface area (TPSA) is 58.6 Å². The van der Waals surface area contributed by atoms with Crippen molar-refractivity contribution in [2.75, 3.05) is 7.05 Å². The van der Waals surface area contributed by atoms with E-state index < -0.39 is 18.0 Å². The summed E-state index contributed by atoms with van der Waals surface area (Å²) in [6.45, 7) is 0. The smallest absolute Gasteiger partial charge is 0.335 e. The Bertz CT molecular complexity index is 405. The van der Waals surface area contributed by atoms with Crippen LogP contribution < -0.4 is 5.32 Å². The molecule has 1 atom stereocenters. The number of urea groups is 1. The highest BCUT2D eigenvalue weighted by Gasteiger charge is 2.31. The molecule has 1 N–H and O–H groups in total. The molecular weight excluding hydrogens is 208 g/mol. The summed E-state index contributed by atoms with van der Waals surface area (Å²) in [6, 6.07) is 8.46. The number of benzene rings is 1. The second-order valence-electron chi connectivity index (χ2n) is 3.60. The number of hydrogen-bond donors (Lipinski definition) is 1. The van der Waals surface area contributed by atoms with E-state index in [9.17, 15) is 9.59 Å². The van der Waals surface area contributed by atoms with E-state index in [2.05, 4.69) is 5.32 Å². The molecule has 1 heterocycles. The van der Waals surface area contributed by atoms with Crippen LogP contribution in [0.5, 0.6) is 0 Å². The zero-order valence-corrected chi connectivity index (χ0v) is 8.84. The number of nitrogens with zero attached hydrogens (tertiary/aromatic N) is 1. The van der Waals surface area contributed by atoms with Crippen LogP contribution in [0.4, 0.5) is 4.79 Å². The highest BCUT2D eigenvalue weighted by atomic mass is 16.7. The van der Waals surface area contributed by atoms with E-state index in [1.807, 2.05) is 30.3 Å². The van der Waals surface area contributed by atoms with Gasteiger partial charge in [-0.05, 0) is 5.56 Å². The third-order valence-electron chi connectivity index (χ3n) is 2.38. The zero-order valence-electron chi connectivity index (χ0n) is 8.84. The predicted molar refractivity (Wildman–Crippen MR) is 56.3 cm³/mol. The van der Waals surface area contributed by atoms with Crippen LogP contribution in [-0.4, -0.2) is 30.2 Å². The van der Waals surface area contributed by atoms with E-state index in [1.165, 1.54) is 7.05 Å². The lowest BCUT2D eigenvalue weighted by atomic mass is 10.1. The quantitative estimate of drug-likeness (QED) is 0.798. The summed E-state index contributed by atoms with van der Waals surface area (Å²) >= 11 is 0. The van der Waals surface area contributed by atoms with Gasteiger partial charge in [0.2, 0.25) is 0 Å². The summed E-state index contributed by atoms with van der Waals surface area (Å²) in [5, 5.41) is 3.47. The lowest BCUT2D eigenvalue weighted by Crippen LogP contribution is -2.55. The summed E-state index contributed by atoms with van der Waals surface area (Å²) in [4.78, 5) is 27.5. The van der Waals surface area contributed by atoms with Crippen LogP contribution in [0.25, 0.3) is 0 Å². The van der Waals surface area contributed by atoms with Gasteiger partial charge in [0, 0.05) is 6.42 Å². The molecule has 2 rings (SSSR count). The first-order chi connectivity index (χ1) is 7.66. The molecule has 1 aromatic carbocycles. The van der Waals surface area contributed by atoms with E-state index in [4.69, 9.17) is 4.84 Å². The van der Waals surface area contributed by atoms with E-state index in [-0.39, 0.29) is 0 Å². The zero-order chi connectivity index (χ0) is 11.5. The Balaban J connectivity index is 2.05. The molecule has 0 unspecified atom stereocenters. The van der Waals surface area contributed by atoms with Crippen molar-refractivity contribution in [2.45, 2.75) is 12.5 Å². The average molecular weight is 220 g/mol. The van der Waals surface area contributed by atoms with Crippen LogP contribution >= 0.6 is 0 Å². The third-order valence-corrected chi connectivity index (χ3v) is 2.38. The Morgan fingerprint density at radius 2 is 2.00 bits per heavy atom. The lowest BCUT2D eigenvalue weighted by Gasteiger charge is -2.28. The number of nitrogens with one attached hydrogen (secondary N) is 1. The number of carbonyl (C=O) groups is 2. The van der Waals surface area contributed by atoms with E-state index in [0.29, 0.717) is 6.42 Å². The van der Waals surface area contributed by atoms with Gasteiger partial charge in [-0.3, -0.25) is 0 Å². The maximum absolute atomic E-state index is 11.5. The van der Waals surface area contributed by atoms with Crippen LogP contribution in [0.2, 0.25) is 0 Å². The van der Waals surface area contributed by atoms with Crippen LogP contribution in [0.15, 0.2) is 30.3 Å². The van der Waals surface area contributed by atoms with Gasteiger partial charge in [-0.15, -0.1) is 0 Å². The monoisotopic (exact) mass is 220 g/mol. The van der Waals surface area contributed by atoms with Gasteiger partial charge < -0.3 is 10.2 Å². The average Bonchev–Trinajstić information content (AvgIpc) is 2.27. The van der Waals surface area contributed by atoms with Gasteiger partial charge in [0.15, 0.2) is 0 Å². The molecule has 2 amide bonds. The first kappa shape index (κ1) is 10.5. The summed E-state index contributed by atoms with van der Waals surface area (Å²) in [5.74, 6) is -0.439. The standard InChI is InChI=1S/C11H12N2O3/c1-13-11(15)12-9(10(14)16-13)7-8-5-3-2-4-6-8/h2-6,9H,7H2,1H3,(H,12,15)/t9-/m0/s1. The van der Waals surface area contributed by atoms with Gasteiger partial charge in [-0.1, -0.05) is 30.3 Å². The lowest BCUT2D eigenvalue weighted by molar-refractivity contribution is -0.180. The van der Waals surface area contributed by atoms with Gasteiger partial charge in [0.05, 0.1) is 7.05 Å². The Kier molecular flexibility index (Phi) is 2.76. The highest BCUT2D eigenvalue weighted by Crippen LogP contribution is 2.08. The van der Waals surface area contributed by atoms with Crippen LogP contribution in [0.3, 0.4) is 0 Å². The van der Waals surface area contributed by atoms with Gasteiger partial charge in [0.1, 0.15) is 6.04 Å². The third kappa shape index (κ3) is 2.13. The maximum atomic E-state index is 11.5. The normalized spacial score (nSPS) is 20.3. The molecule has 1 aliphatic rings. The molecule has 1 saturated heterocycles. The van der Waals surface area contributed by atoms with Crippen LogP contribution in [0, 0.1) is 0 Å². The minimum Gasteiger partial charge on any atom is -0.335 e. The van der Waals surface area contributed by atoms with E-state index in [1.54, 1.807) is 0 Å². The molecule has 84 valence electrons. The number of hydroxylamine groups is 2. The number of carbonyl (C=O) groups excluding carboxylic acids is 2. The van der Waals surface area contributed by atoms with E-state index in [0.717, 1.165) is 10.6 Å². The molecule has 5 nitrogen and oxygen atoms in total. The Morgan fingerprint density at radius 3 is 2.69 bits per heavy atom. The molecule has 0 spiro atoms. The molecule has 0 aliphatic carbocycles. The molecule has 1 aliphatic heterocycles. The van der Waals surface area contributed by atoms with Crippen molar-refractivity contribution in [3.05, 3.63) is 35.9 Å². The molecule has 1 aromatic rings. The van der Waals surface area contributed by atoms with Crippen molar-refractivity contribution in [2.24, 2.45) is 0 Å². The highest BCUT2D eigenvalue weighted by molar-refractivity contribution is 5.87. The van der Waals surface area contributed by atoms with Crippen molar-refractivity contribution in [3.8, 4) is 0 Å². The SMILES string of the molecule is CN1OC(=O)[C@H](Cc2ccccc2)NC1=O. The molecular formula is C11H12N2O3. The molecule has 16 heavy (non-hydrogen) atoms. The Hall–Kier alpha value is -2.04. The maximum Gasteiger partial charge on any atom is 0.355 e. The second kappa shape index (κ2) is 4.22. The second-order valence-corrected chi connectivity index (χ2v) is 3.60. The summed E-state index contributed by atoms with van der Waals surface area (Å²) < 4.78 is 0. The van der Waals surface area contributed by atoms with Gasteiger partial charge in [-0.25, -0.2) is 9.59 Å².